The molecule has 0 spiro atoms. The summed E-state index contributed by atoms with van der Waals surface area (Å²) < 4.78 is 0. The van der Waals surface area contributed by atoms with Crippen LogP contribution in [-0.2, 0) is 9.59 Å². The smallest absolute Gasteiger partial charge is 0.246 e. The van der Waals surface area contributed by atoms with Gasteiger partial charge >= 0.3 is 0 Å². The monoisotopic (exact) mass is 252 g/mol. The average Bonchev–Trinajstić information content (AvgIpc) is 2.19. The number of nitrogens with zero attached hydrogens (tertiary/aromatic N) is 1. The number of hydrogen-bond acceptors (Lipinski definition) is 2. The zero-order valence-corrected chi connectivity index (χ0v) is 11.8. The number of piperazine rings is 1. The van der Waals surface area contributed by atoms with Crippen LogP contribution in [0.3, 0.4) is 0 Å². The van der Waals surface area contributed by atoms with Gasteiger partial charge in [0.1, 0.15) is 12.1 Å². The third kappa shape index (κ3) is 2.13. The molecule has 18 heavy (non-hydrogen) atoms. The maximum absolute atomic E-state index is 12.6. The van der Waals surface area contributed by atoms with E-state index < -0.39 is 0 Å². The molecular weight excluding hydrogens is 228 g/mol. The van der Waals surface area contributed by atoms with Crippen molar-refractivity contribution in [1.29, 1.82) is 0 Å². The van der Waals surface area contributed by atoms with Gasteiger partial charge in [-0.05, 0) is 31.1 Å². The van der Waals surface area contributed by atoms with E-state index in [1.165, 1.54) is 6.42 Å². The van der Waals surface area contributed by atoms with Gasteiger partial charge < -0.3 is 10.2 Å². The van der Waals surface area contributed by atoms with Crippen molar-refractivity contribution in [2.24, 2.45) is 5.41 Å². The maximum atomic E-state index is 12.6. The van der Waals surface area contributed by atoms with Gasteiger partial charge in [-0.15, -0.1) is 0 Å². The van der Waals surface area contributed by atoms with E-state index in [1.807, 2.05) is 32.6 Å². The number of hydrogen-bond donors (Lipinski definition) is 1. The molecular formula is C14H24N2O2. The molecule has 4 heteroatoms. The second-order valence-electron chi connectivity index (χ2n) is 6.56. The summed E-state index contributed by atoms with van der Waals surface area (Å²) in [6.45, 7) is 7.98. The van der Waals surface area contributed by atoms with Crippen molar-refractivity contribution in [1.82, 2.24) is 10.2 Å². The zero-order chi connectivity index (χ0) is 13.5. The Morgan fingerprint density at radius 3 is 2.28 bits per heavy atom. The van der Waals surface area contributed by atoms with Crippen molar-refractivity contribution < 1.29 is 9.59 Å². The van der Waals surface area contributed by atoms with E-state index in [0.29, 0.717) is 12.5 Å². The molecule has 1 aliphatic carbocycles. The van der Waals surface area contributed by atoms with Gasteiger partial charge in [0.25, 0.3) is 0 Å². The molecule has 1 aliphatic heterocycles. The molecule has 0 aromatic carbocycles. The molecule has 2 fully saturated rings. The fourth-order valence-electron chi connectivity index (χ4n) is 2.80. The normalized spacial score (nSPS) is 30.1. The Morgan fingerprint density at radius 1 is 1.28 bits per heavy atom. The predicted molar refractivity (Wildman–Crippen MR) is 69.9 cm³/mol. The summed E-state index contributed by atoms with van der Waals surface area (Å²) in [5.41, 5.74) is -0.229. The lowest BCUT2D eigenvalue weighted by molar-refractivity contribution is -0.157. The van der Waals surface area contributed by atoms with Gasteiger partial charge in [-0.3, -0.25) is 9.59 Å². The largest absolute Gasteiger partial charge is 0.342 e. The van der Waals surface area contributed by atoms with Crippen LogP contribution in [0, 0.1) is 5.41 Å². The number of carbonyl (C=O) groups excluding carboxylic acids is 2. The summed E-state index contributed by atoms with van der Waals surface area (Å²) in [7, 11) is 0. The van der Waals surface area contributed by atoms with Crippen molar-refractivity contribution in [3.05, 3.63) is 0 Å². The van der Waals surface area contributed by atoms with E-state index in [0.717, 1.165) is 12.8 Å². The van der Waals surface area contributed by atoms with Crippen LogP contribution in [0.1, 0.15) is 53.4 Å². The SMILES string of the molecule is CCC1C(=O)NC(C(C)(C)C)C(=O)N1C1CCC1. The molecule has 1 N–H and O–H groups in total. The first-order valence-corrected chi connectivity index (χ1v) is 6.98. The molecule has 102 valence electrons. The zero-order valence-electron chi connectivity index (χ0n) is 11.8. The van der Waals surface area contributed by atoms with Crippen molar-refractivity contribution >= 4 is 11.8 Å². The molecule has 1 saturated heterocycles. The van der Waals surface area contributed by atoms with Crippen LogP contribution in [0.15, 0.2) is 0 Å². The van der Waals surface area contributed by atoms with Gasteiger partial charge in [0.05, 0.1) is 0 Å². The lowest BCUT2D eigenvalue weighted by Crippen LogP contribution is -2.69. The highest BCUT2D eigenvalue weighted by atomic mass is 16.2. The van der Waals surface area contributed by atoms with Gasteiger partial charge in [0.2, 0.25) is 11.8 Å². The molecule has 0 aromatic heterocycles. The standard InChI is InChI=1S/C14H24N2O2/c1-5-10-12(17)15-11(14(2,3)4)13(18)16(10)9-7-6-8-9/h9-11H,5-8H2,1-4H3,(H,15,17). The minimum absolute atomic E-state index is 0.0175. The molecule has 2 unspecified atom stereocenters. The first-order chi connectivity index (χ1) is 8.36. The second-order valence-corrected chi connectivity index (χ2v) is 6.56. The Morgan fingerprint density at radius 2 is 1.89 bits per heavy atom. The molecule has 2 aliphatic rings. The van der Waals surface area contributed by atoms with Crippen LogP contribution in [0.2, 0.25) is 0 Å². The fourth-order valence-corrected chi connectivity index (χ4v) is 2.80. The Kier molecular flexibility index (Phi) is 3.39. The van der Waals surface area contributed by atoms with Crippen molar-refractivity contribution in [2.75, 3.05) is 0 Å². The van der Waals surface area contributed by atoms with E-state index >= 15 is 0 Å². The molecule has 2 atom stereocenters. The molecule has 2 amide bonds. The second kappa shape index (κ2) is 4.56. The first-order valence-electron chi connectivity index (χ1n) is 6.98. The van der Waals surface area contributed by atoms with Crippen molar-refractivity contribution in [3.63, 3.8) is 0 Å². The van der Waals surface area contributed by atoms with Gasteiger partial charge in [-0.2, -0.15) is 0 Å². The van der Waals surface area contributed by atoms with Crippen LogP contribution in [0.5, 0.6) is 0 Å². The number of nitrogens with one attached hydrogen (secondary N) is 1. The van der Waals surface area contributed by atoms with E-state index in [1.54, 1.807) is 0 Å². The third-order valence-electron chi connectivity index (χ3n) is 4.15. The van der Waals surface area contributed by atoms with E-state index in [4.69, 9.17) is 0 Å². The highest BCUT2D eigenvalue weighted by molar-refractivity contribution is 5.97. The van der Waals surface area contributed by atoms with E-state index in [2.05, 4.69) is 5.32 Å². The molecule has 0 aromatic rings. The fraction of sp³-hybridized carbons (Fsp3) is 0.857. The van der Waals surface area contributed by atoms with Crippen LogP contribution < -0.4 is 5.32 Å². The predicted octanol–water partition coefficient (Wildman–Crippen LogP) is 1.69. The van der Waals surface area contributed by atoms with Crippen molar-refractivity contribution in [3.8, 4) is 0 Å². The summed E-state index contributed by atoms with van der Waals surface area (Å²) >= 11 is 0. The summed E-state index contributed by atoms with van der Waals surface area (Å²) in [5.74, 6) is 0.127. The minimum atomic E-state index is -0.381. The van der Waals surface area contributed by atoms with Gasteiger partial charge in [0.15, 0.2) is 0 Å². The maximum Gasteiger partial charge on any atom is 0.246 e. The average molecular weight is 252 g/mol. The quantitative estimate of drug-likeness (QED) is 0.813. The van der Waals surface area contributed by atoms with Gasteiger partial charge in [0, 0.05) is 6.04 Å². The van der Waals surface area contributed by atoms with Crippen molar-refractivity contribution in [2.45, 2.75) is 71.5 Å². The number of amides is 2. The van der Waals surface area contributed by atoms with Crippen LogP contribution in [0.4, 0.5) is 0 Å². The van der Waals surface area contributed by atoms with Crippen LogP contribution >= 0.6 is 0 Å². The Hall–Kier alpha value is -1.06. The highest BCUT2D eigenvalue weighted by Crippen LogP contribution is 2.33. The molecule has 0 bridgehead atoms. The highest BCUT2D eigenvalue weighted by Gasteiger charge is 2.47. The Bertz CT molecular complexity index is 355. The molecule has 4 nitrogen and oxygen atoms in total. The summed E-state index contributed by atoms with van der Waals surface area (Å²) in [4.78, 5) is 26.7. The van der Waals surface area contributed by atoms with Gasteiger partial charge in [-0.1, -0.05) is 27.7 Å². The Balaban J connectivity index is 2.26. The summed E-state index contributed by atoms with van der Waals surface area (Å²) in [5, 5.41) is 2.91. The van der Waals surface area contributed by atoms with E-state index in [-0.39, 0.29) is 29.3 Å². The molecule has 1 saturated carbocycles. The molecule has 2 rings (SSSR count). The lowest BCUT2D eigenvalue weighted by atomic mass is 9.81. The van der Waals surface area contributed by atoms with Gasteiger partial charge in [-0.25, -0.2) is 0 Å². The molecule has 1 heterocycles. The summed E-state index contributed by atoms with van der Waals surface area (Å²) in [6.07, 6.45) is 3.97. The lowest BCUT2D eigenvalue weighted by Gasteiger charge is -2.48. The van der Waals surface area contributed by atoms with E-state index in [9.17, 15) is 9.59 Å². The Labute approximate surface area is 109 Å². The topological polar surface area (TPSA) is 49.4 Å². The number of carbonyl (C=O) groups is 2. The third-order valence-corrected chi connectivity index (χ3v) is 4.15. The number of rotatable bonds is 2. The molecule has 0 radical (unpaired) electrons. The minimum Gasteiger partial charge on any atom is -0.342 e. The van der Waals surface area contributed by atoms with Crippen LogP contribution in [-0.4, -0.2) is 34.8 Å². The summed E-state index contributed by atoms with van der Waals surface area (Å²) in [6, 6.07) is -0.354. The van der Waals surface area contributed by atoms with Crippen LogP contribution in [0.25, 0.3) is 0 Å². The first kappa shape index (κ1) is 13.4.